The lowest BCUT2D eigenvalue weighted by Gasteiger charge is -2.19. The van der Waals surface area contributed by atoms with E-state index in [0.29, 0.717) is 0 Å². The molecular weight excluding hydrogens is 198 g/mol. The first-order valence-corrected chi connectivity index (χ1v) is 6.93. The SMILES string of the molecule is CCCCN[C](NCCCC)NCCCC. The van der Waals surface area contributed by atoms with E-state index in [0.717, 1.165) is 25.9 Å². The molecule has 0 bridgehead atoms. The van der Waals surface area contributed by atoms with Crippen molar-refractivity contribution in [2.45, 2.75) is 59.3 Å². The van der Waals surface area contributed by atoms with Gasteiger partial charge in [0.05, 0.1) is 0 Å². The van der Waals surface area contributed by atoms with Gasteiger partial charge in [0.2, 0.25) is 0 Å². The molecule has 0 aliphatic heterocycles. The van der Waals surface area contributed by atoms with Crippen LogP contribution in [0.5, 0.6) is 0 Å². The van der Waals surface area contributed by atoms with E-state index in [1.54, 1.807) is 0 Å². The molecule has 1 radical (unpaired) electrons. The van der Waals surface area contributed by atoms with Crippen molar-refractivity contribution in [3.05, 3.63) is 6.29 Å². The van der Waals surface area contributed by atoms with Crippen LogP contribution in [-0.2, 0) is 0 Å². The van der Waals surface area contributed by atoms with Crippen molar-refractivity contribution in [1.82, 2.24) is 16.0 Å². The zero-order valence-electron chi connectivity index (χ0n) is 11.4. The van der Waals surface area contributed by atoms with E-state index in [1.165, 1.54) is 38.5 Å². The minimum atomic E-state index is 1.06. The molecule has 0 saturated carbocycles. The first kappa shape index (κ1) is 15.9. The molecule has 0 atom stereocenters. The molecule has 0 rings (SSSR count). The molecule has 0 aliphatic carbocycles. The van der Waals surface area contributed by atoms with Gasteiger partial charge in [-0.25, -0.2) is 0 Å². The molecular formula is C13H30N3. The Labute approximate surface area is 102 Å². The molecule has 0 unspecified atom stereocenters. The van der Waals surface area contributed by atoms with Gasteiger partial charge < -0.3 is 0 Å². The maximum absolute atomic E-state index is 3.43. The fourth-order valence-electron chi connectivity index (χ4n) is 1.36. The number of hydrogen-bond acceptors (Lipinski definition) is 3. The van der Waals surface area contributed by atoms with Gasteiger partial charge >= 0.3 is 0 Å². The van der Waals surface area contributed by atoms with Crippen molar-refractivity contribution in [2.24, 2.45) is 0 Å². The summed E-state index contributed by atoms with van der Waals surface area (Å²) in [5, 5.41) is 10.3. The van der Waals surface area contributed by atoms with Crippen molar-refractivity contribution in [3.63, 3.8) is 0 Å². The summed E-state index contributed by atoms with van der Waals surface area (Å²) in [5.74, 6) is 0. The fourth-order valence-corrected chi connectivity index (χ4v) is 1.36. The maximum Gasteiger partial charge on any atom is 0.170 e. The highest BCUT2D eigenvalue weighted by Crippen LogP contribution is 1.92. The van der Waals surface area contributed by atoms with Gasteiger partial charge in [-0.3, -0.25) is 16.0 Å². The molecule has 0 fully saturated rings. The number of rotatable bonds is 12. The predicted molar refractivity (Wildman–Crippen MR) is 72.0 cm³/mol. The molecule has 0 aromatic carbocycles. The van der Waals surface area contributed by atoms with Gasteiger partial charge in [0.1, 0.15) is 0 Å². The minimum absolute atomic E-state index is 1.06. The van der Waals surface area contributed by atoms with E-state index in [4.69, 9.17) is 0 Å². The van der Waals surface area contributed by atoms with Crippen LogP contribution in [0.1, 0.15) is 59.3 Å². The number of nitrogens with one attached hydrogen (secondary N) is 3. The Morgan fingerprint density at radius 3 is 1.19 bits per heavy atom. The summed E-state index contributed by atoms with van der Waals surface area (Å²) in [5.41, 5.74) is 0. The predicted octanol–water partition coefficient (Wildman–Crippen LogP) is 2.60. The van der Waals surface area contributed by atoms with E-state index in [1.807, 2.05) is 0 Å². The van der Waals surface area contributed by atoms with E-state index >= 15 is 0 Å². The lowest BCUT2D eigenvalue weighted by molar-refractivity contribution is 0.462. The Bertz CT molecular complexity index is 105. The first-order chi connectivity index (χ1) is 7.85. The average molecular weight is 228 g/mol. The lowest BCUT2D eigenvalue weighted by Crippen LogP contribution is -2.45. The molecule has 3 heteroatoms. The topological polar surface area (TPSA) is 36.1 Å². The standard InChI is InChI=1S/C13H30N3/c1-4-7-10-14-13(15-11-8-5-2)16-12-9-6-3/h14-16H,4-12H2,1-3H3. The van der Waals surface area contributed by atoms with Crippen LogP contribution in [-0.4, -0.2) is 19.6 Å². The second-order valence-electron chi connectivity index (χ2n) is 4.22. The summed E-state index contributed by atoms with van der Waals surface area (Å²) in [6, 6.07) is 0. The quantitative estimate of drug-likeness (QED) is 0.449. The lowest BCUT2D eigenvalue weighted by atomic mass is 10.3. The first-order valence-electron chi connectivity index (χ1n) is 6.93. The molecule has 0 heterocycles. The smallest absolute Gasteiger partial charge is 0.170 e. The van der Waals surface area contributed by atoms with Gasteiger partial charge in [0.25, 0.3) is 0 Å². The third-order valence-electron chi connectivity index (χ3n) is 2.50. The third-order valence-corrected chi connectivity index (χ3v) is 2.50. The van der Waals surface area contributed by atoms with Gasteiger partial charge in [-0.2, -0.15) is 0 Å². The molecule has 0 aromatic rings. The minimum Gasteiger partial charge on any atom is -0.283 e. The van der Waals surface area contributed by atoms with Crippen LogP contribution in [0.25, 0.3) is 0 Å². The van der Waals surface area contributed by atoms with Crippen LogP contribution in [0.4, 0.5) is 0 Å². The Morgan fingerprint density at radius 2 is 0.938 bits per heavy atom. The van der Waals surface area contributed by atoms with Gasteiger partial charge in [0, 0.05) is 0 Å². The fraction of sp³-hybridized carbons (Fsp3) is 0.923. The molecule has 0 spiro atoms. The Hall–Kier alpha value is -0.120. The Morgan fingerprint density at radius 1 is 0.625 bits per heavy atom. The van der Waals surface area contributed by atoms with Gasteiger partial charge in [-0.1, -0.05) is 40.0 Å². The van der Waals surface area contributed by atoms with Crippen LogP contribution in [0.2, 0.25) is 0 Å². The van der Waals surface area contributed by atoms with E-state index < -0.39 is 0 Å². The second-order valence-corrected chi connectivity index (χ2v) is 4.22. The van der Waals surface area contributed by atoms with Crippen molar-refractivity contribution in [1.29, 1.82) is 0 Å². The van der Waals surface area contributed by atoms with E-state index in [-0.39, 0.29) is 0 Å². The molecule has 3 nitrogen and oxygen atoms in total. The molecule has 0 aliphatic rings. The van der Waals surface area contributed by atoms with Crippen LogP contribution in [0.3, 0.4) is 0 Å². The summed E-state index contributed by atoms with van der Waals surface area (Å²) in [6.07, 6.45) is 8.53. The highest BCUT2D eigenvalue weighted by molar-refractivity contribution is 4.80. The molecule has 0 saturated heterocycles. The molecule has 0 aromatic heterocycles. The molecule has 97 valence electrons. The van der Waals surface area contributed by atoms with Crippen molar-refractivity contribution >= 4 is 0 Å². The summed E-state index contributed by atoms with van der Waals surface area (Å²) in [4.78, 5) is 0. The molecule has 0 amide bonds. The van der Waals surface area contributed by atoms with Crippen LogP contribution in [0, 0.1) is 6.29 Å². The normalized spacial score (nSPS) is 11.2. The summed E-state index contributed by atoms with van der Waals surface area (Å²) >= 11 is 0. The van der Waals surface area contributed by atoms with Gasteiger partial charge in [-0.05, 0) is 38.9 Å². The van der Waals surface area contributed by atoms with Gasteiger partial charge in [-0.15, -0.1) is 0 Å². The van der Waals surface area contributed by atoms with Crippen LogP contribution in [0.15, 0.2) is 0 Å². The molecule has 16 heavy (non-hydrogen) atoms. The van der Waals surface area contributed by atoms with Crippen LogP contribution >= 0.6 is 0 Å². The zero-order valence-corrected chi connectivity index (χ0v) is 11.4. The van der Waals surface area contributed by atoms with Gasteiger partial charge in [0.15, 0.2) is 6.29 Å². The monoisotopic (exact) mass is 228 g/mol. The largest absolute Gasteiger partial charge is 0.283 e. The van der Waals surface area contributed by atoms with E-state index in [9.17, 15) is 0 Å². The number of hydrogen-bond donors (Lipinski definition) is 3. The highest BCUT2D eigenvalue weighted by atomic mass is 15.3. The molecule has 3 N–H and O–H groups in total. The maximum atomic E-state index is 3.43. The van der Waals surface area contributed by atoms with E-state index in [2.05, 4.69) is 36.7 Å². The van der Waals surface area contributed by atoms with Crippen LogP contribution < -0.4 is 16.0 Å². The third kappa shape index (κ3) is 10.4. The van der Waals surface area contributed by atoms with Crippen molar-refractivity contribution in [2.75, 3.05) is 19.6 Å². The Kier molecular flexibility index (Phi) is 12.9. The Balaban J connectivity index is 3.58. The summed E-state index contributed by atoms with van der Waals surface area (Å²) in [7, 11) is 0. The van der Waals surface area contributed by atoms with Crippen molar-refractivity contribution in [3.8, 4) is 0 Å². The summed E-state index contributed by atoms with van der Waals surface area (Å²) in [6.45, 7) is 9.83. The highest BCUT2D eigenvalue weighted by Gasteiger charge is 2.05. The second kappa shape index (κ2) is 12.9. The van der Waals surface area contributed by atoms with Crippen molar-refractivity contribution < 1.29 is 0 Å². The average Bonchev–Trinajstić information content (AvgIpc) is 2.29. The number of unbranched alkanes of at least 4 members (excludes halogenated alkanes) is 3. The summed E-state index contributed by atoms with van der Waals surface area (Å²) < 4.78 is 0. The zero-order chi connectivity index (χ0) is 12.1.